The molecule has 0 aliphatic rings. The molecule has 0 aromatic heterocycles. The Morgan fingerprint density at radius 3 is 2.15 bits per heavy atom. The van der Waals surface area contributed by atoms with E-state index in [0.717, 1.165) is 5.56 Å². The van der Waals surface area contributed by atoms with E-state index in [4.69, 9.17) is 18.6 Å². The summed E-state index contributed by atoms with van der Waals surface area (Å²) in [6.07, 6.45) is -0.599. The summed E-state index contributed by atoms with van der Waals surface area (Å²) in [6.45, 7) is 18.2. The predicted octanol–water partition coefficient (Wildman–Crippen LogP) is 7.00. The van der Waals surface area contributed by atoms with Crippen LogP contribution in [0.3, 0.4) is 0 Å². The molecule has 0 spiro atoms. The molecule has 2 aromatic rings. The maximum absolute atomic E-state index is 12.5. The average molecular weight is 474 g/mol. The summed E-state index contributed by atoms with van der Waals surface area (Å²) >= 11 is 0. The van der Waals surface area contributed by atoms with Gasteiger partial charge in [0.1, 0.15) is 12.4 Å². The first-order chi connectivity index (χ1) is 15.2. The largest absolute Gasteiger partial charge is 0.491 e. The van der Waals surface area contributed by atoms with Gasteiger partial charge in [0.05, 0.1) is 19.4 Å². The smallest absolute Gasteiger partial charge is 0.417 e. The zero-order valence-electron chi connectivity index (χ0n) is 21.5. The Hall–Kier alpha value is -2.51. The van der Waals surface area contributed by atoms with Crippen molar-refractivity contribution >= 4 is 20.1 Å². The molecule has 0 radical (unpaired) electrons. The van der Waals surface area contributed by atoms with Crippen molar-refractivity contribution in [2.75, 3.05) is 25.6 Å². The molecule has 2 aromatic carbocycles. The molecule has 182 valence electrons. The van der Waals surface area contributed by atoms with Gasteiger partial charge in [-0.25, -0.2) is 4.79 Å². The number of amides is 1. The van der Waals surface area contributed by atoms with Crippen LogP contribution in [0.5, 0.6) is 17.2 Å². The fraction of sp³-hybridized carbons (Fsp3) is 0.500. The van der Waals surface area contributed by atoms with E-state index in [2.05, 4.69) is 60.0 Å². The average Bonchev–Trinajstić information content (AvgIpc) is 2.70. The van der Waals surface area contributed by atoms with E-state index in [1.165, 1.54) is 0 Å². The van der Waals surface area contributed by atoms with Gasteiger partial charge in [0.15, 0.2) is 19.8 Å². The Morgan fingerprint density at radius 1 is 0.970 bits per heavy atom. The molecular formula is C26H39NO5Si. The number of methoxy groups -OCH3 is 1. The van der Waals surface area contributed by atoms with Gasteiger partial charge in [-0.3, -0.25) is 5.32 Å². The van der Waals surface area contributed by atoms with Crippen molar-refractivity contribution in [1.82, 2.24) is 0 Å². The van der Waals surface area contributed by atoms with Crippen LogP contribution in [0, 0.1) is 0 Å². The second-order valence-corrected chi connectivity index (χ2v) is 15.4. The summed E-state index contributed by atoms with van der Waals surface area (Å²) < 4.78 is 23.3. The first-order valence-electron chi connectivity index (χ1n) is 11.3. The van der Waals surface area contributed by atoms with Crippen molar-refractivity contribution in [1.29, 1.82) is 0 Å². The summed E-state index contributed by atoms with van der Waals surface area (Å²) in [5.74, 6) is 1.46. The van der Waals surface area contributed by atoms with Crippen LogP contribution in [0.25, 0.3) is 0 Å². The summed E-state index contributed by atoms with van der Waals surface area (Å²) in [5, 5.41) is 2.94. The molecule has 1 N–H and O–H groups in total. The minimum atomic E-state index is -1.86. The third kappa shape index (κ3) is 7.50. The number of nitrogens with one attached hydrogen (secondary N) is 1. The van der Waals surface area contributed by atoms with Crippen molar-refractivity contribution in [3.05, 3.63) is 48.0 Å². The van der Waals surface area contributed by atoms with Crippen molar-refractivity contribution in [2.24, 2.45) is 0 Å². The van der Waals surface area contributed by atoms with Crippen molar-refractivity contribution < 1.29 is 23.4 Å². The predicted molar refractivity (Wildman–Crippen MR) is 136 cm³/mol. The molecule has 1 amide bonds. The molecule has 0 unspecified atom stereocenters. The molecule has 0 aliphatic carbocycles. The first-order valence-corrected chi connectivity index (χ1v) is 14.2. The number of hydrogen-bond donors (Lipinski definition) is 1. The molecule has 2 rings (SSSR count). The number of carbonyl (C=O) groups excluding carboxylic acids is 1. The van der Waals surface area contributed by atoms with Gasteiger partial charge < -0.3 is 18.6 Å². The number of benzene rings is 2. The summed E-state index contributed by atoms with van der Waals surface area (Å²) in [4.78, 5) is 12.5. The van der Waals surface area contributed by atoms with Crippen LogP contribution in [-0.4, -0.2) is 34.7 Å². The fourth-order valence-electron chi connectivity index (χ4n) is 2.84. The van der Waals surface area contributed by atoms with E-state index in [1.807, 2.05) is 18.2 Å². The molecule has 0 aliphatic heterocycles. The molecule has 0 fully saturated rings. The quantitative estimate of drug-likeness (QED) is 0.330. The first kappa shape index (κ1) is 26.7. The Morgan fingerprint density at radius 2 is 1.61 bits per heavy atom. The fourth-order valence-corrected chi connectivity index (χ4v) is 3.87. The summed E-state index contributed by atoms with van der Waals surface area (Å²) in [7, 11) is -0.306. The molecule has 7 heteroatoms. The van der Waals surface area contributed by atoms with Crippen LogP contribution >= 0.6 is 0 Å². The van der Waals surface area contributed by atoms with Crippen LogP contribution < -0.4 is 19.5 Å². The highest BCUT2D eigenvalue weighted by Gasteiger charge is 2.37. The number of para-hydroxylation sites is 1. The highest BCUT2D eigenvalue weighted by Crippen LogP contribution is 2.41. The van der Waals surface area contributed by atoms with E-state index in [-0.39, 0.29) is 10.5 Å². The van der Waals surface area contributed by atoms with Crippen LogP contribution in [0.4, 0.5) is 10.5 Å². The van der Waals surface area contributed by atoms with E-state index in [0.29, 0.717) is 36.1 Å². The maximum atomic E-state index is 12.5. The van der Waals surface area contributed by atoms with Crippen LogP contribution in [0.15, 0.2) is 42.5 Å². The van der Waals surface area contributed by atoms with Crippen LogP contribution in [0.2, 0.25) is 18.1 Å². The van der Waals surface area contributed by atoms with Crippen molar-refractivity contribution in [3.8, 4) is 17.2 Å². The molecule has 0 atom stereocenters. The van der Waals surface area contributed by atoms with Crippen molar-refractivity contribution in [2.45, 2.75) is 65.1 Å². The zero-order valence-corrected chi connectivity index (χ0v) is 22.5. The van der Waals surface area contributed by atoms with Crippen LogP contribution in [-0.2, 0) is 9.84 Å². The van der Waals surface area contributed by atoms with Gasteiger partial charge in [0.2, 0.25) is 0 Å². The molecule has 33 heavy (non-hydrogen) atoms. The minimum absolute atomic E-state index is 0.132. The molecular weight excluding hydrogens is 434 g/mol. The molecule has 0 bridgehead atoms. The van der Waals surface area contributed by atoms with E-state index < -0.39 is 14.4 Å². The van der Waals surface area contributed by atoms with Gasteiger partial charge in [-0.05, 0) is 53.4 Å². The van der Waals surface area contributed by atoms with Gasteiger partial charge in [0, 0.05) is 0 Å². The molecule has 0 heterocycles. The second kappa shape index (κ2) is 10.6. The SMILES string of the molecule is COc1c(NC(=O)Oc2ccccc2)cc(C(C)(C)C)cc1OCCO[Si](C)(C)C(C)(C)C. The lowest BCUT2D eigenvalue weighted by Gasteiger charge is -2.36. The number of carbonyl (C=O) groups is 1. The third-order valence-corrected chi connectivity index (χ3v) is 10.5. The maximum Gasteiger partial charge on any atom is 0.417 e. The summed E-state index contributed by atoms with van der Waals surface area (Å²) in [5.41, 5.74) is 1.33. The lowest BCUT2D eigenvalue weighted by atomic mass is 9.86. The third-order valence-electron chi connectivity index (χ3n) is 5.93. The topological polar surface area (TPSA) is 66.0 Å². The molecule has 0 saturated heterocycles. The highest BCUT2D eigenvalue weighted by molar-refractivity contribution is 6.74. The van der Waals surface area contributed by atoms with Crippen molar-refractivity contribution in [3.63, 3.8) is 0 Å². The van der Waals surface area contributed by atoms with E-state index in [9.17, 15) is 4.79 Å². The number of rotatable bonds is 8. The molecule has 0 saturated carbocycles. The highest BCUT2D eigenvalue weighted by atomic mass is 28.4. The number of anilines is 1. The second-order valence-electron chi connectivity index (χ2n) is 10.6. The number of hydrogen-bond acceptors (Lipinski definition) is 5. The monoisotopic (exact) mass is 473 g/mol. The Balaban J connectivity index is 2.22. The van der Waals surface area contributed by atoms with Gasteiger partial charge in [-0.2, -0.15) is 0 Å². The van der Waals surface area contributed by atoms with Crippen LogP contribution in [0.1, 0.15) is 47.1 Å². The Kier molecular flexibility index (Phi) is 8.60. The van der Waals surface area contributed by atoms with E-state index >= 15 is 0 Å². The minimum Gasteiger partial charge on any atom is -0.491 e. The normalized spacial score (nSPS) is 12.3. The lowest BCUT2D eigenvalue weighted by molar-refractivity contribution is 0.198. The number of ether oxygens (including phenoxy) is 3. The Labute approximate surface area is 199 Å². The van der Waals surface area contributed by atoms with Gasteiger partial charge in [-0.1, -0.05) is 59.7 Å². The van der Waals surface area contributed by atoms with Gasteiger partial charge in [0.25, 0.3) is 0 Å². The Bertz CT molecular complexity index is 930. The molecule has 6 nitrogen and oxygen atoms in total. The van der Waals surface area contributed by atoms with Gasteiger partial charge >= 0.3 is 6.09 Å². The zero-order chi connectivity index (χ0) is 24.9. The standard InChI is InChI=1S/C26H39NO5Si/c1-25(2,3)19-17-21(27-24(28)32-20-13-11-10-12-14-20)23(29-7)22(18-19)30-15-16-31-33(8,9)26(4,5)6/h10-14,17-18H,15-16H2,1-9H3,(H,27,28). The lowest BCUT2D eigenvalue weighted by Crippen LogP contribution is -2.41. The van der Waals surface area contributed by atoms with E-state index in [1.54, 1.807) is 31.4 Å². The van der Waals surface area contributed by atoms with Gasteiger partial charge in [-0.15, -0.1) is 0 Å². The summed E-state index contributed by atoms with van der Waals surface area (Å²) in [6, 6.07) is 12.8.